The zero-order valence-corrected chi connectivity index (χ0v) is 10.3. The van der Waals surface area contributed by atoms with Gasteiger partial charge in [0.2, 0.25) is 0 Å². The van der Waals surface area contributed by atoms with Crippen molar-refractivity contribution in [2.75, 3.05) is 0 Å². The van der Waals surface area contributed by atoms with Crippen molar-refractivity contribution < 1.29 is 5.11 Å². The molecule has 3 unspecified atom stereocenters. The van der Waals surface area contributed by atoms with Gasteiger partial charge in [-0.3, -0.25) is 0 Å². The summed E-state index contributed by atoms with van der Waals surface area (Å²) in [5.41, 5.74) is 0.878. The van der Waals surface area contributed by atoms with Crippen LogP contribution < -0.4 is 0 Å². The minimum Gasteiger partial charge on any atom is -0.390 e. The minimum atomic E-state index is -0.479. The summed E-state index contributed by atoms with van der Waals surface area (Å²) in [5, 5.41) is 10.5. The molecule has 88 valence electrons. The summed E-state index contributed by atoms with van der Waals surface area (Å²) in [6, 6.07) is 10.6. The van der Waals surface area contributed by atoms with Crippen LogP contribution in [0, 0.1) is 5.92 Å². The molecule has 0 aliphatic heterocycles. The molecule has 16 heavy (non-hydrogen) atoms. The fourth-order valence-corrected chi connectivity index (χ4v) is 3.12. The van der Waals surface area contributed by atoms with E-state index in [1.807, 2.05) is 6.92 Å². The van der Waals surface area contributed by atoms with Gasteiger partial charge in [-0.05, 0) is 37.2 Å². The summed E-state index contributed by atoms with van der Waals surface area (Å²) >= 11 is 0. The predicted octanol–water partition coefficient (Wildman–Crippen LogP) is 3.73. The van der Waals surface area contributed by atoms with Gasteiger partial charge in [-0.25, -0.2) is 0 Å². The van der Waals surface area contributed by atoms with Crippen LogP contribution in [0.3, 0.4) is 0 Å². The molecule has 2 rings (SSSR count). The number of rotatable bonds is 2. The third-order valence-corrected chi connectivity index (χ3v) is 4.18. The molecule has 0 aromatic heterocycles. The molecule has 0 spiro atoms. The summed E-state index contributed by atoms with van der Waals surface area (Å²) in [7, 11) is 0. The molecule has 0 heterocycles. The van der Waals surface area contributed by atoms with Gasteiger partial charge in [0.05, 0.1) is 5.60 Å². The minimum absolute atomic E-state index is 0.406. The van der Waals surface area contributed by atoms with Crippen LogP contribution in [0.25, 0.3) is 0 Å². The van der Waals surface area contributed by atoms with Gasteiger partial charge in [-0.2, -0.15) is 0 Å². The van der Waals surface area contributed by atoms with Crippen molar-refractivity contribution in [3.05, 3.63) is 35.9 Å². The van der Waals surface area contributed by atoms with Crippen molar-refractivity contribution in [2.24, 2.45) is 5.92 Å². The molecule has 1 fully saturated rings. The molecule has 1 heteroatoms. The number of hydrogen-bond donors (Lipinski definition) is 1. The molecule has 1 aliphatic carbocycles. The summed E-state index contributed by atoms with van der Waals surface area (Å²) in [5.74, 6) is 0.861. The number of benzene rings is 1. The Kier molecular flexibility index (Phi) is 3.34. The lowest BCUT2D eigenvalue weighted by atomic mass is 9.69. The van der Waals surface area contributed by atoms with E-state index in [-0.39, 0.29) is 0 Å². The average Bonchev–Trinajstić information content (AvgIpc) is 2.29. The van der Waals surface area contributed by atoms with Gasteiger partial charge in [0.15, 0.2) is 0 Å². The fraction of sp³-hybridized carbons (Fsp3) is 0.600. The van der Waals surface area contributed by atoms with Gasteiger partial charge >= 0.3 is 0 Å². The van der Waals surface area contributed by atoms with Gasteiger partial charge in [0.1, 0.15) is 0 Å². The van der Waals surface area contributed by atoms with Crippen LogP contribution in [-0.4, -0.2) is 10.7 Å². The van der Waals surface area contributed by atoms with E-state index >= 15 is 0 Å². The van der Waals surface area contributed by atoms with Crippen LogP contribution in [0.2, 0.25) is 0 Å². The van der Waals surface area contributed by atoms with Crippen LogP contribution in [0.5, 0.6) is 0 Å². The van der Waals surface area contributed by atoms with Gasteiger partial charge in [0, 0.05) is 0 Å². The highest BCUT2D eigenvalue weighted by molar-refractivity contribution is 5.20. The standard InChI is InChI=1S/C15H22O/c1-12(13-8-4-3-5-9-13)14-10-6-7-11-15(14,2)16/h3-5,8-9,12,14,16H,6-7,10-11H2,1-2H3. The molecule has 1 nitrogen and oxygen atoms in total. The third kappa shape index (κ3) is 2.30. The molecular weight excluding hydrogens is 196 g/mol. The smallest absolute Gasteiger partial charge is 0.0653 e. The Hall–Kier alpha value is -0.820. The molecule has 1 aromatic carbocycles. The van der Waals surface area contributed by atoms with Crippen molar-refractivity contribution in [2.45, 2.75) is 51.0 Å². The molecule has 3 atom stereocenters. The first-order valence-corrected chi connectivity index (χ1v) is 6.38. The predicted molar refractivity (Wildman–Crippen MR) is 67.4 cm³/mol. The highest BCUT2D eigenvalue weighted by Crippen LogP contribution is 2.42. The molecule has 0 amide bonds. The third-order valence-electron chi connectivity index (χ3n) is 4.18. The molecule has 0 radical (unpaired) electrons. The lowest BCUT2D eigenvalue weighted by Gasteiger charge is -2.41. The Bertz CT molecular complexity index is 329. The summed E-state index contributed by atoms with van der Waals surface area (Å²) < 4.78 is 0. The maximum absolute atomic E-state index is 10.5. The van der Waals surface area contributed by atoms with Crippen LogP contribution in [0.15, 0.2) is 30.3 Å². The van der Waals surface area contributed by atoms with Crippen molar-refractivity contribution >= 4 is 0 Å². The highest BCUT2D eigenvalue weighted by atomic mass is 16.3. The molecule has 1 aliphatic rings. The Labute approximate surface area is 98.5 Å². The molecule has 1 aromatic rings. The first kappa shape index (κ1) is 11.7. The van der Waals surface area contributed by atoms with Crippen LogP contribution in [0.1, 0.15) is 51.0 Å². The van der Waals surface area contributed by atoms with Crippen molar-refractivity contribution in [1.82, 2.24) is 0 Å². The van der Waals surface area contributed by atoms with Gasteiger partial charge in [-0.15, -0.1) is 0 Å². The zero-order chi connectivity index (χ0) is 11.6. The van der Waals surface area contributed by atoms with E-state index in [4.69, 9.17) is 0 Å². The maximum Gasteiger partial charge on any atom is 0.0653 e. The molecular formula is C15H22O. The Morgan fingerprint density at radius 2 is 1.94 bits per heavy atom. The molecule has 1 N–H and O–H groups in total. The van der Waals surface area contributed by atoms with Crippen LogP contribution >= 0.6 is 0 Å². The van der Waals surface area contributed by atoms with E-state index in [2.05, 4.69) is 37.3 Å². The SMILES string of the molecule is CC(c1ccccc1)C1CCCCC1(C)O. The first-order chi connectivity index (χ1) is 7.61. The fourth-order valence-electron chi connectivity index (χ4n) is 3.12. The van der Waals surface area contributed by atoms with E-state index < -0.39 is 5.60 Å². The number of aliphatic hydroxyl groups is 1. The lowest BCUT2D eigenvalue weighted by molar-refractivity contribution is -0.0406. The van der Waals surface area contributed by atoms with Crippen LogP contribution in [0.4, 0.5) is 0 Å². The average molecular weight is 218 g/mol. The Balaban J connectivity index is 2.17. The summed E-state index contributed by atoms with van der Waals surface area (Å²) in [6.45, 7) is 4.26. The van der Waals surface area contributed by atoms with E-state index in [1.165, 1.54) is 18.4 Å². The molecule has 1 saturated carbocycles. The monoisotopic (exact) mass is 218 g/mol. The zero-order valence-electron chi connectivity index (χ0n) is 10.3. The molecule has 0 bridgehead atoms. The topological polar surface area (TPSA) is 20.2 Å². The van der Waals surface area contributed by atoms with Crippen LogP contribution in [-0.2, 0) is 0 Å². The van der Waals surface area contributed by atoms with E-state index in [9.17, 15) is 5.11 Å². The first-order valence-electron chi connectivity index (χ1n) is 6.38. The highest BCUT2D eigenvalue weighted by Gasteiger charge is 2.37. The maximum atomic E-state index is 10.5. The second kappa shape index (κ2) is 4.58. The Morgan fingerprint density at radius 1 is 1.25 bits per heavy atom. The Morgan fingerprint density at radius 3 is 2.56 bits per heavy atom. The van der Waals surface area contributed by atoms with Crippen molar-refractivity contribution in [3.8, 4) is 0 Å². The normalized spacial score (nSPS) is 32.3. The van der Waals surface area contributed by atoms with E-state index in [0.29, 0.717) is 11.8 Å². The summed E-state index contributed by atoms with van der Waals surface area (Å²) in [4.78, 5) is 0. The van der Waals surface area contributed by atoms with E-state index in [0.717, 1.165) is 12.8 Å². The lowest BCUT2D eigenvalue weighted by Crippen LogP contribution is -2.40. The van der Waals surface area contributed by atoms with Gasteiger partial charge in [0.25, 0.3) is 0 Å². The summed E-state index contributed by atoms with van der Waals surface area (Å²) in [6.07, 6.45) is 4.54. The van der Waals surface area contributed by atoms with Gasteiger partial charge < -0.3 is 5.11 Å². The second-order valence-corrected chi connectivity index (χ2v) is 5.41. The number of hydrogen-bond acceptors (Lipinski definition) is 1. The molecule has 0 saturated heterocycles. The second-order valence-electron chi connectivity index (χ2n) is 5.41. The van der Waals surface area contributed by atoms with Gasteiger partial charge in [-0.1, -0.05) is 50.1 Å². The quantitative estimate of drug-likeness (QED) is 0.802. The largest absolute Gasteiger partial charge is 0.390 e. The van der Waals surface area contributed by atoms with Crippen molar-refractivity contribution in [3.63, 3.8) is 0 Å². The van der Waals surface area contributed by atoms with E-state index in [1.54, 1.807) is 0 Å². The van der Waals surface area contributed by atoms with Crippen molar-refractivity contribution in [1.29, 1.82) is 0 Å².